The van der Waals surface area contributed by atoms with Gasteiger partial charge < -0.3 is 5.73 Å². The van der Waals surface area contributed by atoms with E-state index in [4.69, 9.17) is 11.0 Å². The van der Waals surface area contributed by atoms with Gasteiger partial charge in [-0.15, -0.1) is 0 Å². The Morgan fingerprint density at radius 3 is 1.67 bits per heavy atom. The number of nitrogens with zero attached hydrogens (tertiary/aromatic N) is 1. The largest absolute Gasteiger partial charge is 0.333 e. The lowest BCUT2D eigenvalue weighted by Crippen LogP contribution is -2.31. The quantitative estimate of drug-likeness (QED) is 0.538. The summed E-state index contributed by atoms with van der Waals surface area (Å²) in [4.78, 5) is 0. The van der Waals surface area contributed by atoms with Crippen LogP contribution in [0.3, 0.4) is 0 Å². The van der Waals surface area contributed by atoms with Gasteiger partial charge in [0.1, 0.15) is 0 Å². The fourth-order valence-corrected chi connectivity index (χ4v) is 0. The molecule has 2 N–H and O–H groups in total. The zero-order chi connectivity index (χ0) is 7.91. The maximum absolute atomic E-state index is 7.10. The molecule has 2 nitrogen and oxygen atoms in total. The third-order valence-corrected chi connectivity index (χ3v) is 1.84. The highest BCUT2D eigenvalue weighted by atomic mass is 28.3. The number of hydrogen-bond acceptors (Lipinski definition) is 2. The summed E-state index contributed by atoms with van der Waals surface area (Å²) in [5.74, 6) is 1.25. The summed E-state index contributed by atoms with van der Waals surface area (Å²) in [7, 11) is 3.30. The Labute approximate surface area is 59.5 Å². The van der Waals surface area contributed by atoms with Gasteiger partial charge in [0.25, 0.3) is 0 Å². The highest BCUT2D eigenvalue weighted by Gasteiger charge is 2.07. The van der Waals surface area contributed by atoms with Crippen molar-refractivity contribution in [2.45, 2.75) is 19.6 Å². The number of nitriles is 1. The monoisotopic (exact) mass is 140 g/mol. The van der Waals surface area contributed by atoms with Gasteiger partial charge in [0, 0.05) is 0 Å². The molecule has 0 bridgehead atoms. The Kier molecular flexibility index (Phi) is 7.50. The van der Waals surface area contributed by atoms with Crippen molar-refractivity contribution < 1.29 is 0 Å². The zero-order valence-electron chi connectivity index (χ0n) is 6.31. The topological polar surface area (TPSA) is 49.8 Å². The van der Waals surface area contributed by atoms with E-state index in [-0.39, 0.29) is 0 Å². The minimum absolute atomic E-state index is 0.853. The lowest BCUT2D eigenvalue weighted by Gasteiger charge is -2.09. The normalized spacial score (nSPS) is 8.78. The molecule has 2 radical (unpaired) electrons. The highest BCUT2D eigenvalue weighted by Crippen LogP contribution is 1.93. The van der Waals surface area contributed by atoms with E-state index >= 15 is 0 Å². The lowest BCUT2D eigenvalue weighted by atomic mass is 10.2. The van der Waals surface area contributed by atoms with Crippen LogP contribution in [0.25, 0.3) is 0 Å². The van der Waals surface area contributed by atoms with Crippen molar-refractivity contribution in [3.63, 3.8) is 0 Å². The molecule has 4 heteroatoms. The number of hydrogen-bond donors (Lipinski definition) is 1. The Bertz CT molecular complexity index is 92.1. The Balaban J connectivity index is 0. The average Bonchev–Trinajstić information content (AvgIpc) is 1.67. The molecule has 0 saturated carbocycles. The molecule has 0 aromatic heterocycles. The molecular formula is C5H13BN2Si. The van der Waals surface area contributed by atoms with E-state index in [9.17, 15) is 0 Å². The van der Waals surface area contributed by atoms with Crippen LogP contribution in [0, 0.1) is 11.2 Å². The summed E-state index contributed by atoms with van der Waals surface area (Å²) in [6, 6.07) is 0. The molecule has 0 rings (SSSR count). The van der Waals surface area contributed by atoms with Crippen molar-refractivity contribution in [3.8, 4) is 5.97 Å². The summed E-state index contributed by atoms with van der Waals surface area (Å²) in [6.07, 6.45) is 0.910. The third-order valence-electron chi connectivity index (χ3n) is 0.612. The van der Waals surface area contributed by atoms with Gasteiger partial charge in [-0.25, -0.2) is 5.26 Å². The molecule has 0 aliphatic heterocycles. The molecule has 0 aliphatic carbocycles. The van der Waals surface area contributed by atoms with Gasteiger partial charge in [0.05, 0.1) is 8.07 Å². The van der Waals surface area contributed by atoms with Crippen LogP contribution in [-0.2, 0) is 0 Å². The van der Waals surface area contributed by atoms with Gasteiger partial charge in [0.15, 0.2) is 0 Å². The first-order chi connectivity index (χ1) is 3.97. The molecule has 0 spiro atoms. The van der Waals surface area contributed by atoms with Crippen LogP contribution in [-0.4, -0.2) is 22.1 Å². The standard InChI is InChI=1S/C4H13NSi.CBN/c1-6(2,3)4-5;2-1-3/h4-5H2,1-3H3;. The first kappa shape index (κ1) is 11.5. The maximum Gasteiger partial charge on any atom is 0.229 e. The van der Waals surface area contributed by atoms with E-state index in [0.29, 0.717) is 0 Å². The third kappa shape index (κ3) is 34.0. The smallest absolute Gasteiger partial charge is 0.229 e. The Hall–Kier alpha value is -0.268. The summed E-state index contributed by atoms with van der Waals surface area (Å²) >= 11 is 0. The first-order valence-electron chi connectivity index (χ1n) is 2.77. The second-order valence-corrected chi connectivity index (χ2v) is 8.42. The second-order valence-electron chi connectivity index (χ2n) is 2.89. The first-order valence-corrected chi connectivity index (χ1v) is 6.48. The molecule has 0 unspecified atom stereocenters. The summed E-state index contributed by atoms with van der Waals surface area (Å²) in [5, 5.41) is 7.10. The molecule has 0 aromatic rings. The fourth-order valence-electron chi connectivity index (χ4n) is 0. The summed E-state index contributed by atoms with van der Waals surface area (Å²) in [5.41, 5.74) is 5.37. The van der Waals surface area contributed by atoms with Crippen LogP contribution in [0.1, 0.15) is 0 Å². The molecule has 9 heavy (non-hydrogen) atoms. The minimum atomic E-state index is -0.853. The highest BCUT2D eigenvalue weighted by molar-refractivity contribution is 6.76. The van der Waals surface area contributed by atoms with Gasteiger partial charge in [-0.3, -0.25) is 0 Å². The molecule has 0 saturated heterocycles. The van der Waals surface area contributed by atoms with Gasteiger partial charge >= 0.3 is 0 Å². The van der Waals surface area contributed by atoms with Crippen molar-refractivity contribution in [2.75, 3.05) is 6.17 Å². The summed E-state index contributed by atoms with van der Waals surface area (Å²) < 4.78 is 0. The van der Waals surface area contributed by atoms with Crippen LogP contribution < -0.4 is 5.73 Å². The minimum Gasteiger partial charge on any atom is -0.333 e. The van der Waals surface area contributed by atoms with Gasteiger partial charge in [0.2, 0.25) is 7.85 Å². The number of nitrogens with two attached hydrogens (primary N) is 1. The van der Waals surface area contributed by atoms with E-state index < -0.39 is 8.07 Å². The van der Waals surface area contributed by atoms with Crippen molar-refractivity contribution in [1.29, 1.82) is 5.26 Å². The lowest BCUT2D eigenvalue weighted by molar-refractivity contribution is 1.29. The SMILES string of the molecule is C[Si](C)(C)CN.[B]C#N. The molecule has 0 aliphatic rings. The molecule has 50 valence electrons. The molecular weight excluding hydrogens is 127 g/mol. The maximum atomic E-state index is 7.10. The van der Waals surface area contributed by atoms with Crippen LogP contribution in [0.4, 0.5) is 0 Å². The molecule has 0 atom stereocenters. The van der Waals surface area contributed by atoms with Gasteiger partial charge in [-0.2, -0.15) is 0 Å². The van der Waals surface area contributed by atoms with Crippen LogP contribution >= 0.6 is 0 Å². The zero-order valence-corrected chi connectivity index (χ0v) is 7.31. The fraction of sp³-hybridized carbons (Fsp3) is 0.800. The summed E-state index contributed by atoms with van der Waals surface area (Å²) in [6.45, 7) is 6.77. The average molecular weight is 140 g/mol. The Morgan fingerprint density at radius 1 is 1.56 bits per heavy atom. The van der Waals surface area contributed by atoms with Crippen molar-refractivity contribution in [2.24, 2.45) is 5.73 Å². The van der Waals surface area contributed by atoms with Gasteiger partial charge in [-0.05, 0) is 12.1 Å². The van der Waals surface area contributed by atoms with E-state index in [1.165, 1.54) is 5.97 Å². The van der Waals surface area contributed by atoms with E-state index in [1.807, 2.05) is 0 Å². The van der Waals surface area contributed by atoms with E-state index in [2.05, 4.69) is 27.5 Å². The van der Waals surface area contributed by atoms with E-state index in [0.717, 1.165) is 6.17 Å². The molecule has 0 fully saturated rings. The van der Waals surface area contributed by atoms with Crippen LogP contribution in [0.5, 0.6) is 0 Å². The predicted molar refractivity (Wildman–Crippen MR) is 43.8 cm³/mol. The number of rotatable bonds is 1. The van der Waals surface area contributed by atoms with Gasteiger partial charge in [-0.1, -0.05) is 19.6 Å². The molecule has 0 aromatic carbocycles. The van der Waals surface area contributed by atoms with E-state index in [1.54, 1.807) is 0 Å². The molecule has 0 amide bonds. The van der Waals surface area contributed by atoms with Crippen molar-refractivity contribution in [1.82, 2.24) is 0 Å². The van der Waals surface area contributed by atoms with Crippen LogP contribution in [0.2, 0.25) is 19.6 Å². The van der Waals surface area contributed by atoms with Crippen molar-refractivity contribution >= 4 is 15.9 Å². The molecule has 0 heterocycles. The van der Waals surface area contributed by atoms with Crippen LogP contribution in [0.15, 0.2) is 0 Å². The predicted octanol–water partition coefficient (Wildman–Crippen LogP) is 0.458. The van der Waals surface area contributed by atoms with Crippen molar-refractivity contribution in [3.05, 3.63) is 0 Å². The Morgan fingerprint density at radius 2 is 1.67 bits per heavy atom. The second kappa shape index (κ2) is 5.86.